The Morgan fingerprint density at radius 2 is 2.00 bits per heavy atom. The van der Waals surface area contributed by atoms with E-state index in [9.17, 15) is 4.39 Å². The number of alkyl halides is 1. The number of hydrogen-bond donors (Lipinski definition) is 0. The van der Waals surface area contributed by atoms with Crippen LogP contribution in [0.1, 0.15) is 24.8 Å². The molecular formula is C14H16FIN2. The molecule has 0 atom stereocenters. The zero-order chi connectivity index (χ0) is 13.0. The highest BCUT2D eigenvalue weighted by atomic mass is 127. The number of hydrogen-bond acceptors (Lipinski definition) is 2. The minimum absolute atomic E-state index is 0.123. The lowest BCUT2D eigenvalue weighted by molar-refractivity contribution is 0.197. The number of halogens is 2. The van der Waals surface area contributed by atoms with E-state index in [2.05, 4.69) is 33.6 Å². The summed E-state index contributed by atoms with van der Waals surface area (Å²) in [5.74, 6) is -0.124. The Balaban J connectivity index is 1.92. The first-order chi connectivity index (χ1) is 8.63. The summed E-state index contributed by atoms with van der Waals surface area (Å²) >= 11 is 2.41. The second kappa shape index (κ2) is 5.98. The third-order valence-electron chi connectivity index (χ3n) is 3.50. The van der Waals surface area contributed by atoms with Gasteiger partial charge in [0.25, 0.3) is 0 Å². The average molecular weight is 358 g/mol. The third kappa shape index (κ3) is 3.42. The van der Waals surface area contributed by atoms with Crippen molar-refractivity contribution in [2.75, 3.05) is 13.1 Å². The fourth-order valence-electron chi connectivity index (χ4n) is 2.30. The van der Waals surface area contributed by atoms with Crippen LogP contribution in [-0.2, 0) is 6.54 Å². The number of likely N-dealkylation sites (tertiary alicyclic amines) is 1. The van der Waals surface area contributed by atoms with Gasteiger partial charge < -0.3 is 0 Å². The Morgan fingerprint density at radius 1 is 1.33 bits per heavy atom. The van der Waals surface area contributed by atoms with Gasteiger partial charge in [-0.3, -0.25) is 4.90 Å². The molecule has 0 spiro atoms. The molecule has 1 saturated heterocycles. The molecule has 4 heteroatoms. The minimum Gasteiger partial charge on any atom is -0.299 e. The molecular weight excluding hydrogens is 342 g/mol. The van der Waals surface area contributed by atoms with E-state index in [1.807, 2.05) is 12.1 Å². The standard InChI is InChI=1S/C14H16FIN2/c15-13-4-2-1-3-12(13)11-18-9-6-14(16,5-8-17)7-10-18/h1-4H,5-7,9-11H2. The first kappa shape index (κ1) is 13.8. The molecule has 0 aliphatic carbocycles. The maximum absolute atomic E-state index is 13.5. The summed E-state index contributed by atoms with van der Waals surface area (Å²) in [6, 6.07) is 9.22. The molecule has 1 aromatic carbocycles. The van der Waals surface area contributed by atoms with Crippen molar-refractivity contribution in [1.29, 1.82) is 5.26 Å². The number of nitrogens with zero attached hydrogens (tertiary/aromatic N) is 2. The van der Waals surface area contributed by atoms with Crippen molar-refractivity contribution in [3.63, 3.8) is 0 Å². The van der Waals surface area contributed by atoms with Crippen LogP contribution in [0.25, 0.3) is 0 Å². The smallest absolute Gasteiger partial charge is 0.127 e. The van der Waals surface area contributed by atoms with Crippen molar-refractivity contribution < 1.29 is 4.39 Å². The second-order valence-corrected chi connectivity index (χ2v) is 7.14. The van der Waals surface area contributed by atoms with Crippen molar-refractivity contribution in [3.8, 4) is 6.07 Å². The SMILES string of the molecule is N#CCC1(I)CCN(Cc2ccccc2F)CC1. The van der Waals surface area contributed by atoms with E-state index >= 15 is 0 Å². The van der Waals surface area contributed by atoms with Gasteiger partial charge in [-0.25, -0.2) is 4.39 Å². The molecule has 18 heavy (non-hydrogen) atoms. The fourth-order valence-corrected chi connectivity index (χ4v) is 2.95. The third-order valence-corrected chi connectivity index (χ3v) is 4.96. The van der Waals surface area contributed by atoms with E-state index in [0.29, 0.717) is 13.0 Å². The highest BCUT2D eigenvalue weighted by Gasteiger charge is 2.31. The highest BCUT2D eigenvalue weighted by molar-refractivity contribution is 14.1. The Bertz CT molecular complexity index is 447. The fraction of sp³-hybridized carbons (Fsp3) is 0.500. The van der Waals surface area contributed by atoms with Crippen molar-refractivity contribution >= 4 is 22.6 Å². The molecule has 0 N–H and O–H groups in total. The average Bonchev–Trinajstić information content (AvgIpc) is 2.35. The van der Waals surface area contributed by atoms with Gasteiger partial charge in [0.05, 0.1) is 6.07 Å². The van der Waals surface area contributed by atoms with Gasteiger partial charge in [-0.2, -0.15) is 5.26 Å². The van der Waals surface area contributed by atoms with E-state index in [1.165, 1.54) is 6.07 Å². The Morgan fingerprint density at radius 3 is 2.61 bits per heavy atom. The Kier molecular flexibility index (Phi) is 4.57. The zero-order valence-corrected chi connectivity index (χ0v) is 12.4. The summed E-state index contributed by atoms with van der Waals surface area (Å²) in [4.78, 5) is 2.27. The van der Waals surface area contributed by atoms with Crippen molar-refractivity contribution in [2.45, 2.75) is 29.2 Å². The molecule has 2 nitrogen and oxygen atoms in total. The molecule has 1 aliphatic heterocycles. The van der Waals surface area contributed by atoms with Crippen LogP contribution in [0.2, 0.25) is 0 Å². The van der Waals surface area contributed by atoms with Gasteiger partial charge >= 0.3 is 0 Å². The van der Waals surface area contributed by atoms with Gasteiger partial charge in [-0.1, -0.05) is 40.8 Å². The second-order valence-electron chi connectivity index (χ2n) is 4.85. The minimum atomic E-state index is -0.124. The van der Waals surface area contributed by atoms with Gasteiger partial charge in [-0.15, -0.1) is 0 Å². The Hall–Kier alpha value is -0.670. The molecule has 1 aromatic rings. The molecule has 1 heterocycles. The summed E-state index contributed by atoms with van der Waals surface area (Å²) in [5, 5.41) is 8.80. The van der Waals surface area contributed by atoms with Crippen LogP contribution in [0.15, 0.2) is 24.3 Å². The molecule has 0 bridgehead atoms. The lowest BCUT2D eigenvalue weighted by Gasteiger charge is -2.36. The topological polar surface area (TPSA) is 27.0 Å². The molecule has 0 unspecified atom stereocenters. The largest absolute Gasteiger partial charge is 0.299 e. The number of piperidine rings is 1. The normalized spacial score (nSPS) is 19.4. The van der Waals surface area contributed by atoms with Crippen LogP contribution >= 0.6 is 22.6 Å². The van der Waals surface area contributed by atoms with Gasteiger partial charge in [-0.05, 0) is 32.0 Å². The van der Waals surface area contributed by atoms with Crippen LogP contribution in [0.5, 0.6) is 0 Å². The van der Waals surface area contributed by atoms with Gasteiger partial charge in [0.15, 0.2) is 0 Å². The lowest BCUT2D eigenvalue weighted by atomic mass is 9.94. The predicted molar refractivity (Wildman–Crippen MR) is 77.9 cm³/mol. The Labute approximate surface area is 121 Å². The molecule has 1 aliphatic rings. The predicted octanol–water partition coefficient (Wildman–Crippen LogP) is 3.51. The molecule has 2 rings (SSSR count). The van der Waals surface area contributed by atoms with Crippen LogP contribution in [0, 0.1) is 17.1 Å². The number of benzene rings is 1. The summed E-state index contributed by atoms with van der Waals surface area (Å²) < 4.78 is 13.7. The van der Waals surface area contributed by atoms with Crippen LogP contribution in [0.3, 0.4) is 0 Å². The van der Waals surface area contributed by atoms with E-state index in [4.69, 9.17) is 5.26 Å². The van der Waals surface area contributed by atoms with E-state index in [0.717, 1.165) is 31.5 Å². The summed E-state index contributed by atoms with van der Waals surface area (Å²) in [5.41, 5.74) is 0.763. The summed E-state index contributed by atoms with van der Waals surface area (Å²) in [6.45, 7) is 2.56. The maximum atomic E-state index is 13.5. The van der Waals surface area contributed by atoms with Crippen molar-refractivity contribution in [2.24, 2.45) is 0 Å². The first-order valence-electron chi connectivity index (χ1n) is 6.15. The quantitative estimate of drug-likeness (QED) is 0.611. The van der Waals surface area contributed by atoms with Crippen LogP contribution < -0.4 is 0 Å². The van der Waals surface area contributed by atoms with Crippen LogP contribution in [0.4, 0.5) is 4.39 Å². The van der Waals surface area contributed by atoms with Crippen molar-refractivity contribution in [1.82, 2.24) is 4.90 Å². The molecule has 96 valence electrons. The van der Waals surface area contributed by atoms with E-state index in [-0.39, 0.29) is 9.24 Å². The van der Waals surface area contributed by atoms with Gasteiger partial charge in [0.2, 0.25) is 0 Å². The summed E-state index contributed by atoms with van der Waals surface area (Å²) in [7, 11) is 0. The maximum Gasteiger partial charge on any atom is 0.127 e. The number of nitriles is 1. The van der Waals surface area contributed by atoms with E-state index < -0.39 is 0 Å². The van der Waals surface area contributed by atoms with Gasteiger partial charge in [0.1, 0.15) is 5.82 Å². The molecule has 0 amide bonds. The first-order valence-corrected chi connectivity index (χ1v) is 7.22. The molecule has 1 fully saturated rings. The van der Waals surface area contributed by atoms with Gasteiger partial charge in [0, 0.05) is 22.0 Å². The van der Waals surface area contributed by atoms with Crippen LogP contribution in [-0.4, -0.2) is 21.4 Å². The highest BCUT2D eigenvalue weighted by Crippen LogP contribution is 2.35. The summed E-state index contributed by atoms with van der Waals surface area (Å²) in [6.07, 6.45) is 2.63. The monoisotopic (exact) mass is 358 g/mol. The van der Waals surface area contributed by atoms with E-state index in [1.54, 1.807) is 6.07 Å². The number of rotatable bonds is 3. The molecule has 0 aromatic heterocycles. The van der Waals surface area contributed by atoms with Crippen molar-refractivity contribution in [3.05, 3.63) is 35.6 Å². The molecule has 0 saturated carbocycles. The zero-order valence-electron chi connectivity index (χ0n) is 10.2. The lowest BCUT2D eigenvalue weighted by Crippen LogP contribution is -2.40. The molecule has 0 radical (unpaired) electrons.